The maximum atomic E-state index is 12.4. The third-order valence-corrected chi connectivity index (χ3v) is 2.50. The van der Waals surface area contributed by atoms with E-state index in [9.17, 15) is 31.4 Å². The predicted octanol–water partition coefficient (Wildman–Crippen LogP) is 3.63. The van der Waals surface area contributed by atoms with E-state index in [0.717, 1.165) is 18.2 Å². The summed E-state index contributed by atoms with van der Waals surface area (Å²) in [6.45, 7) is -0.840. The summed E-state index contributed by atoms with van der Waals surface area (Å²) in [4.78, 5) is 0. The first kappa shape index (κ1) is 16.8. The Morgan fingerprint density at radius 3 is 2.20 bits per heavy atom. The minimum Gasteiger partial charge on any atom is -0.386 e. The van der Waals surface area contributed by atoms with E-state index in [-0.39, 0.29) is 11.1 Å². The van der Waals surface area contributed by atoms with Gasteiger partial charge in [0.25, 0.3) is 0 Å². The first-order chi connectivity index (χ1) is 9.00. The average molecular weight is 302 g/mol. The summed E-state index contributed by atoms with van der Waals surface area (Å²) in [5.74, 6) is 0. The minimum atomic E-state index is -4.52. The fraction of sp³-hybridized carbons (Fsp3) is 0.500. The molecule has 0 spiro atoms. The van der Waals surface area contributed by atoms with E-state index >= 15 is 0 Å². The molecule has 8 heteroatoms. The molecule has 0 radical (unpaired) electrons. The highest BCUT2D eigenvalue weighted by Gasteiger charge is 2.31. The number of aliphatic hydroxyl groups is 1. The number of hydrogen-bond acceptors (Lipinski definition) is 2. The van der Waals surface area contributed by atoms with Crippen molar-refractivity contribution < 1.29 is 36.2 Å². The topological polar surface area (TPSA) is 29.5 Å². The molecule has 1 aromatic carbocycles. The number of benzene rings is 1. The molecule has 0 aliphatic carbocycles. The molecule has 0 bridgehead atoms. The third kappa shape index (κ3) is 5.01. The molecule has 0 aromatic heterocycles. The van der Waals surface area contributed by atoms with Crippen molar-refractivity contribution in [2.75, 3.05) is 13.2 Å². The van der Waals surface area contributed by atoms with Crippen LogP contribution in [-0.4, -0.2) is 24.5 Å². The van der Waals surface area contributed by atoms with Crippen molar-refractivity contribution in [3.63, 3.8) is 0 Å². The summed E-state index contributed by atoms with van der Waals surface area (Å²) in [6, 6.07) is 2.61. The summed E-state index contributed by atoms with van der Waals surface area (Å²) < 4.78 is 77.1. The normalized spacial score (nSPS) is 14.4. The third-order valence-electron chi connectivity index (χ3n) is 2.50. The van der Waals surface area contributed by atoms with Gasteiger partial charge in [-0.2, -0.15) is 26.3 Å². The molecule has 0 heterocycles. The van der Waals surface area contributed by atoms with Gasteiger partial charge in [-0.1, -0.05) is 6.07 Å². The zero-order valence-corrected chi connectivity index (χ0v) is 10.3. The van der Waals surface area contributed by atoms with Crippen LogP contribution in [0.1, 0.15) is 22.8 Å². The summed E-state index contributed by atoms with van der Waals surface area (Å²) >= 11 is 0. The predicted molar refractivity (Wildman–Crippen MR) is 58.0 cm³/mol. The van der Waals surface area contributed by atoms with Crippen molar-refractivity contribution in [3.05, 3.63) is 34.9 Å². The van der Waals surface area contributed by atoms with Crippen LogP contribution in [0.15, 0.2) is 18.2 Å². The quantitative estimate of drug-likeness (QED) is 0.861. The maximum Gasteiger partial charge on any atom is 0.416 e. The van der Waals surface area contributed by atoms with E-state index in [1.807, 2.05) is 0 Å². The molecule has 0 aliphatic rings. The molecule has 1 aromatic rings. The highest BCUT2D eigenvalue weighted by atomic mass is 19.4. The van der Waals surface area contributed by atoms with Crippen LogP contribution in [0.4, 0.5) is 26.3 Å². The van der Waals surface area contributed by atoms with Gasteiger partial charge in [0, 0.05) is 0 Å². The van der Waals surface area contributed by atoms with Crippen LogP contribution in [0, 0.1) is 6.92 Å². The highest BCUT2D eigenvalue weighted by molar-refractivity contribution is 5.33. The Balaban J connectivity index is 2.72. The van der Waals surface area contributed by atoms with E-state index in [1.165, 1.54) is 6.92 Å². The molecule has 1 N–H and O–H groups in total. The monoisotopic (exact) mass is 302 g/mol. The highest BCUT2D eigenvalue weighted by Crippen LogP contribution is 2.31. The van der Waals surface area contributed by atoms with Gasteiger partial charge in [-0.25, -0.2) is 0 Å². The summed E-state index contributed by atoms with van der Waals surface area (Å²) in [6.07, 6.45) is -10.4. The molecule has 0 aliphatic heterocycles. The van der Waals surface area contributed by atoms with Crippen LogP contribution in [0.2, 0.25) is 0 Å². The molecule has 1 unspecified atom stereocenters. The van der Waals surface area contributed by atoms with Crippen LogP contribution < -0.4 is 0 Å². The van der Waals surface area contributed by atoms with Crippen molar-refractivity contribution in [3.8, 4) is 0 Å². The van der Waals surface area contributed by atoms with Gasteiger partial charge in [-0.15, -0.1) is 0 Å². The van der Waals surface area contributed by atoms with E-state index in [0.29, 0.717) is 0 Å². The Morgan fingerprint density at radius 2 is 1.75 bits per heavy atom. The lowest BCUT2D eigenvalue weighted by atomic mass is 10.0. The fourth-order valence-corrected chi connectivity index (χ4v) is 1.60. The standard InChI is InChI=1S/C12H12F6O2/c1-7-4-8(12(16,17)18)2-3-9(7)10(19)5-20-6-11(13,14)15/h2-4,10,19H,5-6H2,1H3. The summed E-state index contributed by atoms with van der Waals surface area (Å²) in [5.41, 5.74) is -0.662. The molecule has 2 nitrogen and oxygen atoms in total. The molecular formula is C12H12F6O2. The summed E-state index contributed by atoms with van der Waals surface area (Å²) in [7, 11) is 0. The van der Waals surface area contributed by atoms with Crippen LogP contribution in [0.5, 0.6) is 0 Å². The Bertz CT molecular complexity index is 452. The Morgan fingerprint density at radius 1 is 1.15 bits per heavy atom. The van der Waals surface area contributed by atoms with Crippen LogP contribution in [0.3, 0.4) is 0 Å². The molecule has 0 amide bonds. The second-order valence-corrected chi connectivity index (χ2v) is 4.22. The van der Waals surface area contributed by atoms with Gasteiger partial charge in [0.05, 0.1) is 12.2 Å². The van der Waals surface area contributed by atoms with Gasteiger partial charge < -0.3 is 9.84 Å². The molecule has 1 rings (SSSR count). The van der Waals surface area contributed by atoms with Gasteiger partial charge in [-0.3, -0.25) is 0 Å². The second-order valence-electron chi connectivity index (χ2n) is 4.22. The van der Waals surface area contributed by atoms with Crippen molar-refractivity contribution in [2.45, 2.75) is 25.4 Å². The number of alkyl halides is 6. The number of aliphatic hydroxyl groups excluding tert-OH is 1. The number of aryl methyl sites for hydroxylation is 1. The van der Waals surface area contributed by atoms with Crippen LogP contribution >= 0.6 is 0 Å². The number of rotatable bonds is 4. The first-order valence-electron chi connectivity index (χ1n) is 5.51. The fourth-order valence-electron chi connectivity index (χ4n) is 1.60. The van der Waals surface area contributed by atoms with Crippen molar-refractivity contribution in [2.24, 2.45) is 0 Å². The molecule has 0 saturated carbocycles. The van der Waals surface area contributed by atoms with Gasteiger partial charge in [0.15, 0.2) is 0 Å². The van der Waals surface area contributed by atoms with E-state index in [4.69, 9.17) is 0 Å². The van der Waals surface area contributed by atoms with Crippen molar-refractivity contribution in [1.29, 1.82) is 0 Å². The lowest BCUT2D eigenvalue weighted by Gasteiger charge is -2.16. The van der Waals surface area contributed by atoms with Gasteiger partial charge in [0.2, 0.25) is 0 Å². The zero-order chi connectivity index (χ0) is 15.6. The Labute approximate surface area is 111 Å². The van der Waals surface area contributed by atoms with E-state index in [2.05, 4.69) is 4.74 Å². The molecule has 20 heavy (non-hydrogen) atoms. The van der Waals surface area contributed by atoms with Crippen molar-refractivity contribution in [1.82, 2.24) is 0 Å². The summed E-state index contributed by atoms with van der Waals surface area (Å²) in [5, 5.41) is 9.62. The SMILES string of the molecule is Cc1cc(C(F)(F)F)ccc1C(O)COCC(F)(F)F. The van der Waals surface area contributed by atoms with Crippen LogP contribution in [-0.2, 0) is 10.9 Å². The lowest BCUT2D eigenvalue weighted by molar-refractivity contribution is -0.179. The minimum absolute atomic E-state index is 0.0974. The molecular weight excluding hydrogens is 290 g/mol. The van der Waals surface area contributed by atoms with Gasteiger partial charge >= 0.3 is 12.4 Å². The number of ether oxygens (including phenoxy) is 1. The van der Waals surface area contributed by atoms with E-state index < -0.39 is 37.2 Å². The van der Waals surface area contributed by atoms with Gasteiger partial charge in [0.1, 0.15) is 12.7 Å². The second kappa shape index (κ2) is 6.01. The molecule has 0 saturated heterocycles. The molecule has 0 fully saturated rings. The average Bonchev–Trinajstić information content (AvgIpc) is 2.25. The van der Waals surface area contributed by atoms with Crippen molar-refractivity contribution >= 4 is 0 Å². The smallest absolute Gasteiger partial charge is 0.386 e. The zero-order valence-electron chi connectivity index (χ0n) is 10.3. The van der Waals surface area contributed by atoms with E-state index in [1.54, 1.807) is 0 Å². The number of hydrogen-bond donors (Lipinski definition) is 1. The Kier molecular flexibility index (Phi) is 5.04. The Hall–Kier alpha value is -1.28. The first-order valence-corrected chi connectivity index (χ1v) is 5.51. The number of halogens is 6. The molecule has 114 valence electrons. The maximum absolute atomic E-state index is 12.4. The van der Waals surface area contributed by atoms with Gasteiger partial charge in [-0.05, 0) is 30.2 Å². The van der Waals surface area contributed by atoms with Crippen LogP contribution in [0.25, 0.3) is 0 Å². The lowest BCUT2D eigenvalue weighted by Crippen LogP contribution is -2.20. The molecule has 1 atom stereocenters. The largest absolute Gasteiger partial charge is 0.416 e.